The summed E-state index contributed by atoms with van der Waals surface area (Å²) in [6.45, 7) is 0.715. The normalized spacial score (nSPS) is 14.5. The van der Waals surface area contributed by atoms with Gasteiger partial charge in [-0.15, -0.1) is 0 Å². The van der Waals surface area contributed by atoms with Crippen LogP contribution < -0.4 is 16.0 Å². The number of nitrogens with one attached hydrogen (secondary N) is 1. The van der Waals surface area contributed by atoms with Gasteiger partial charge < -0.3 is 16.0 Å². The number of nitrogen functional groups attached to an aromatic ring is 1. The molecule has 3 rings (SSSR count). The van der Waals surface area contributed by atoms with Crippen molar-refractivity contribution in [3.05, 3.63) is 52.0 Å². The van der Waals surface area contributed by atoms with E-state index in [0.717, 1.165) is 18.5 Å². The largest absolute Gasteiger partial charge is 0.396 e. The van der Waals surface area contributed by atoms with Gasteiger partial charge in [0.1, 0.15) is 0 Å². The smallest absolute Gasteiger partial charge is 0.255 e. The highest BCUT2D eigenvalue weighted by molar-refractivity contribution is 6.39. The Morgan fingerprint density at radius 2 is 1.72 bits per heavy atom. The summed E-state index contributed by atoms with van der Waals surface area (Å²) in [7, 11) is 0. The van der Waals surface area contributed by atoms with Gasteiger partial charge in [-0.1, -0.05) is 23.2 Å². The minimum absolute atomic E-state index is 0.120. The summed E-state index contributed by atoms with van der Waals surface area (Å²) < 4.78 is 0. The van der Waals surface area contributed by atoms with E-state index in [1.54, 1.807) is 41.3 Å². The maximum Gasteiger partial charge on any atom is 0.255 e. The molecule has 2 aromatic rings. The van der Waals surface area contributed by atoms with Crippen LogP contribution in [0.5, 0.6) is 0 Å². The lowest BCUT2D eigenvalue weighted by Crippen LogP contribution is -2.35. The van der Waals surface area contributed by atoms with Crippen molar-refractivity contribution in [1.29, 1.82) is 0 Å². The highest BCUT2D eigenvalue weighted by Crippen LogP contribution is 2.31. The molecule has 2 aromatic carbocycles. The van der Waals surface area contributed by atoms with E-state index < -0.39 is 0 Å². The highest BCUT2D eigenvalue weighted by atomic mass is 35.5. The van der Waals surface area contributed by atoms with Gasteiger partial charge in [0, 0.05) is 29.9 Å². The van der Waals surface area contributed by atoms with E-state index in [-0.39, 0.29) is 27.5 Å². The Morgan fingerprint density at radius 3 is 2.32 bits per heavy atom. The van der Waals surface area contributed by atoms with Crippen LogP contribution in [0.15, 0.2) is 36.4 Å². The molecule has 5 nitrogen and oxygen atoms in total. The summed E-state index contributed by atoms with van der Waals surface area (Å²) in [6.07, 6.45) is 2.50. The summed E-state index contributed by atoms with van der Waals surface area (Å²) in [5.74, 6) is -0.178. The van der Waals surface area contributed by atoms with Crippen LogP contribution in [0, 0.1) is 0 Å². The Kier molecular flexibility index (Phi) is 5.16. The third kappa shape index (κ3) is 3.89. The van der Waals surface area contributed by atoms with Crippen molar-refractivity contribution in [2.24, 2.45) is 0 Å². The lowest BCUT2D eigenvalue weighted by Gasteiger charge is -2.26. The molecule has 0 aromatic heterocycles. The molecule has 0 radical (unpaired) electrons. The lowest BCUT2D eigenvalue weighted by atomic mass is 10.1. The predicted octanol–water partition coefficient (Wildman–Crippen LogP) is 4.34. The molecule has 130 valence electrons. The minimum Gasteiger partial charge on any atom is -0.396 e. The Morgan fingerprint density at radius 1 is 1.08 bits per heavy atom. The van der Waals surface area contributed by atoms with Crippen LogP contribution in [-0.4, -0.2) is 18.4 Å². The molecular weight excluding hydrogens is 361 g/mol. The number of nitrogens with zero attached hydrogens (tertiary/aromatic N) is 1. The molecule has 1 fully saturated rings. The summed E-state index contributed by atoms with van der Waals surface area (Å²) in [6, 6.07) is 10.0. The van der Waals surface area contributed by atoms with Gasteiger partial charge in [0.25, 0.3) is 5.91 Å². The molecular formula is C18H17Cl2N3O2. The van der Waals surface area contributed by atoms with Crippen molar-refractivity contribution in [2.75, 3.05) is 22.5 Å². The zero-order chi connectivity index (χ0) is 18.0. The van der Waals surface area contributed by atoms with Gasteiger partial charge in [-0.2, -0.15) is 0 Å². The van der Waals surface area contributed by atoms with Crippen LogP contribution in [-0.2, 0) is 4.79 Å². The maximum absolute atomic E-state index is 12.4. The first-order chi connectivity index (χ1) is 12.0. The Balaban J connectivity index is 1.74. The number of amides is 2. The van der Waals surface area contributed by atoms with Crippen molar-refractivity contribution in [2.45, 2.75) is 19.3 Å². The van der Waals surface area contributed by atoms with E-state index in [0.29, 0.717) is 24.2 Å². The number of carbonyl (C=O) groups excluding carboxylic acids is 2. The van der Waals surface area contributed by atoms with Crippen LogP contribution in [0.4, 0.5) is 17.1 Å². The number of nitrogens with two attached hydrogens (primary N) is 1. The minimum atomic E-state index is -0.298. The second-order valence-corrected chi connectivity index (χ2v) is 6.67. The number of hydrogen-bond acceptors (Lipinski definition) is 3. The number of halogens is 2. The first-order valence-corrected chi connectivity index (χ1v) is 8.67. The first kappa shape index (κ1) is 17.6. The molecule has 0 bridgehead atoms. The molecule has 1 aliphatic heterocycles. The molecule has 2 amide bonds. The second kappa shape index (κ2) is 7.33. The highest BCUT2D eigenvalue weighted by Gasteiger charge is 2.19. The van der Waals surface area contributed by atoms with Crippen LogP contribution in [0.2, 0.25) is 10.0 Å². The monoisotopic (exact) mass is 377 g/mol. The van der Waals surface area contributed by atoms with Crippen LogP contribution >= 0.6 is 23.2 Å². The van der Waals surface area contributed by atoms with E-state index in [2.05, 4.69) is 5.32 Å². The first-order valence-electron chi connectivity index (χ1n) is 7.92. The molecule has 1 saturated heterocycles. The molecule has 0 atom stereocenters. The van der Waals surface area contributed by atoms with Crippen LogP contribution in [0.3, 0.4) is 0 Å². The van der Waals surface area contributed by atoms with E-state index >= 15 is 0 Å². The molecule has 0 unspecified atom stereocenters. The van der Waals surface area contributed by atoms with E-state index in [1.807, 2.05) is 0 Å². The summed E-state index contributed by atoms with van der Waals surface area (Å²) >= 11 is 11.9. The van der Waals surface area contributed by atoms with Crippen molar-refractivity contribution in [3.63, 3.8) is 0 Å². The van der Waals surface area contributed by atoms with E-state index in [1.165, 1.54) is 0 Å². The van der Waals surface area contributed by atoms with Crippen LogP contribution in [0.25, 0.3) is 0 Å². The molecule has 1 aliphatic rings. The fourth-order valence-corrected chi connectivity index (χ4v) is 3.22. The topological polar surface area (TPSA) is 75.4 Å². The fraction of sp³-hybridized carbons (Fsp3) is 0.222. The van der Waals surface area contributed by atoms with Gasteiger partial charge in [0.15, 0.2) is 0 Å². The second-order valence-electron chi connectivity index (χ2n) is 5.86. The zero-order valence-corrected chi connectivity index (χ0v) is 14.9. The quantitative estimate of drug-likeness (QED) is 0.780. The average Bonchev–Trinajstić information content (AvgIpc) is 2.60. The molecule has 3 N–H and O–H groups in total. The van der Waals surface area contributed by atoms with Gasteiger partial charge >= 0.3 is 0 Å². The van der Waals surface area contributed by atoms with Crippen molar-refractivity contribution in [3.8, 4) is 0 Å². The Bertz CT molecular complexity index is 799. The lowest BCUT2D eigenvalue weighted by molar-refractivity contribution is -0.119. The standard InChI is InChI=1S/C18H17Cl2N3O2/c19-14-9-12(10-15(20)17(14)21)22-18(25)11-4-6-13(7-5-11)23-8-2-1-3-16(23)24/h4-7,9-10H,1-3,8,21H2,(H,22,25). The van der Waals surface area contributed by atoms with Gasteiger partial charge in [0.2, 0.25) is 5.91 Å². The van der Waals surface area contributed by atoms with Crippen LogP contribution in [0.1, 0.15) is 29.6 Å². The van der Waals surface area contributed by atoms with Crippen molar-refractivity contribution >= 4 is 52.1 Å². The Hall–Kier alpha value is -2.24. The number of rotatable bonds is 3. The number of benzene rings is 2. The predicted molar refractivity (Wildman–Crippen MR) is 101 cm³/mol. The number of piperidine rings is 1. The number of anilines is 3. The maximum atomic E-state index is 12.4. The van der Waals surface area contributed by atoms with Gasteiger partial charge in [0.05, 0.1) is 15.7 Å². The molecule has 0 spiro atoms. The number of carbonyl (C=O) groups is 2. The van der Waals surface area contributed by atoms with Gasteiger partial charge in [-0.3, -0.25) is 9.59 Å². The molecule has 0 saturated carbocycles. The Labute approximate surface area is 155 Å². The summed E-state index contributed by atoms with van der Waals surface area (Å²) in [5, 5.41) is 3.29. The SMILES string of the molecule is Nc1c(Cl)cc(NC(=O)c2ccc(N3CCCCC3=O)cc2)cc1Cl. The average molecular weight is 378 g/mol. The summed E-state index contributed by atoms with van der Waals surface area (Å²) in [4.78, 5) is 26.1. The van der Waals surface area contributed by atoms with Gasteiger partial charge in [-0.05, 0) is 49.2 Å². The molecule has 7 heteroatoms. The zero-order valence-electron chi connectivity index (χ0n) is 13.4. The third-order valence-corrected chi connectivity index (χ3v) is 4.73. The molecule has 1 heterocycles. The molecule has 25 heavy (non-hydrogen) atoms. The van der Waals surface area contributed by atoms with Crippen molar-refractivity contribution in [1.82, 2.24) is 0 Å². The van der Waals surface area contributed by atoms with Crippen molar-refractivity contribution < 1.29 is 9.59 Å². The van der Waals surface area contributed by atoms with Gasteiger partial charge in [-0.25, -0.2) is 0 Å². The van der Waals surface area contributed by atoms with E-state index in [9.17, 15) is 9.59 Å². The van der Waals surface area contributed by atoms with E-state index in [4.69, 9.17) is 28.9 Å². The fourth-order valence-electron chi connectivity index (χ4n) is 2.73. The third-order valence-electron chi connectivity index (χ3n) is 4.10. The molecule has 0 aliphatic carbocycles. The number of hydrogen-bond donors (Lipinski definition) is 2. The summed E-state index contributed by atoms with van der Waals surface area (Å²) in [5.41, 5.74) is 7.70.